The lowest BCUT2D eigenvalue weighted by molar-refractivity contribution is 0.0510. The molecule has 2 atom stereocenters. The van der Waals surface area contributed by atoms with Crippen molar-refractivity contribution in [2.45, 2.75) is 70.9 Å². The molecule has 1 saturated carbocycles. The van der Waals surface area contributed by atoms with Gasteiger partial charge < -0.3 is 15.4 Å². The van der Waals surface area contributed by atoms with Gasteiger partial charge in [-0.2, -0.15) is 11.8 Å². The molecule has 2 unspecified atom stereocenters. The summed E-state index contributed by atoms with van der Waals surface area (Å²) in [6, 6.07) is 0.549. The smallest absolute Gasteiger partial charge is 0.407 e. The van der Waals surface area contributed by atoms with Crippen molar-refractivity contribution in [2.75, 3.05) is 24.6 Å². The first-order valence-electron chi connectivity index (χ1n) is 9.22. The van der Waals surface area contributed by atoms with Crippen LogP contribution in [0.15, 0.2) is 0 Å². The van der Waals surface area contributed by atoms with Gasteiger partial charge in [0.1, 0.15) is 5.60 Å². The molecule has 2 N–H and O–H groups in total. The highest BCUT2D eigenvalue weighted by atomic mass is 32.2. The molecular weight excluding hydrogens is 308 g/mol. The van der Waals surface area contributed by atoms with Crippen molar-refractivity contribution >= 4 is 17.9 Å². The summed E-state index contributed by atoms with van der Waals surface area (Å²) in [4.78, 5) is 11.9. The molecule has 2 fully saturated rings. The topological polar surface area (TPSA) is 50.4 Å². The van der Waals surface area contributed by atoms with E-state index in [2.05, 4.69) is 22.4 Å². The molecule has 2 rings (SSSR count). The Kier molecular flexibility index (Phi) is 7.54. The van der Waals surface area contributed by atoms with Gasteiger partial charge in [0, 0.05) is 12.6 Å². The van der Waals surface area contributed by atoms with Crippen LogP contribution in [0.2, 0.25) is 0 Å². The number of rotatable bonds is 5. The summed E-state index contributed by atoms with van der Waals surface area (Å²) in [7, 11) is 0. The maximum atomic E-state index is 11.9. The predicted molar refractivity (Wildman–Crippen MR) is 98.0 cm³/mol. The van der Waals surface area contributed by atoms with Gasteiger partial charge in [-0.3, -0.25) is 0 Å². The van der Waals surface area contributed by atoms with Crippen molar-refractivity contribution in [1.82, 2.24) is 10.6 Å². The molecule has 0 spiro atoms. The molecule has 1 aliphatic carbocycles. The van der Waals surface area contributed by atoms with Crippen LogP contribution in [0.3, 0.4) is 0 Å². The van der Waals surface area contributed by atoms with Crippen molar-refractivity contribution in [3.63, 3.8) is 0 Å². The van der Waals surface area contributed by atoms with Gasteiger partial charge >= 0.3 is 6.09 Å². The van der Waals surface area contributed by atoms with E-state index in [1.165, 1.54) is 50.0 Å². The zero-order valence-electron chi connectivity index (χ0n) is 15.0. The second-order valence-corrected chi connectivity index (χ2v) is 9.22. The number of carbonyl (C=O) groups is 1. The molecule has 5 heteroatoms. The minimum absolute atomic E-state index is 0.286. The maximum absolute atomic E-state index is 11.9. The van der Waals surface area contributed by atoms with E-state index in [0.717, 1.165) is 19.0 Å². The number of hydrogen-bond acceptors (Lipinski definition) is 4. The van der Waals surface area contributed by atoms with Crippen LogP contribution in [0.1, 0.15) is 59.3 Å². The SMILES string of the molecule is CC(C)(C)OC(=O)NCC1CCCCC1NCC1CCSCC1. The lowest BCUT2D eigenvalue weighted by atomic mass is 9.84. The average molecular weight is 343 g/mol. The minimum Gasteiger partial charge on any atom is -0.444 e. The lowest BCUT2D eigenvalue weighted by Gasteiger charge is -2.34. The van der Waals surface area contributed by atoms with Crippen LogP contribution < -0.4 is 10.6 Å². The molecular formula is C18H34N2O2S. The quantitative estimate of drug-likeness (QED) is 0.798. The molecule has 1 saturated heterocycles. The van der Waals surface area contributed by atoms with E-state index in [9.17, 15) is 4.79 Å². The molecule has 23 heavy (non-hydrogen) atoms. The zero-order chi connectivity index (χ0) is 16.7. The van der Waals surface area contributed by atoms with Crippen LogP contribution in [0, 0.1) is 11.8 Å². The molecule has 0 radical (unpaired) electrons. The molecule has 1 aliphatic heterocycles. The van der Waals surface area contributed by atoms with Crippen molar-refractivity contribution in [2.24, 2.45) is 11.8 Å². The van der Waals surface area contributed by atoms with Crippen molar-refractivity contribution in [3.05, 3.63) is 0 Å². The number of alkyl carbamates (subject to hydrolysis) is 1. The van der Waals surface area contributed by atoms with Crippen LogP contribution in [-0.4, -0.2) is 42.3 Å². The van der Waals surface area contributed by atoms with Gasteiger partial charge in [-0.15, -0.1) is 0 Å². The summed E-state index contributed by atoms with van der Waals surface area (Å²) in [6.45, 7) is 7.58. The Bertz CT molecular complexity index is 365. The number of nitrogens with one attached hydrogen (secondary N) is 2. The third kappa shape index (κ3) is 7.34. The first kappa shape index (κ1) is 18.9. The van der Waals surface area contributed by atoms with E-state index >= 15 is 0 Å². The van der Waals surface area contributed by atoms with E-state index in [1.807, 2.05) is 20.8 Å². The summed E-state index contributed by atoms with van der Waals surface area (Å²) in [6.07, 6.45) is 7.44. The van der Waals surface area contributed by atoms with Crippen LogP contribution in [-0.2, 0) is 4.74 Å². The number of amides is 1. The fourth-order valence-electron chi connectivity index (χ4n) is 3.52. The third-order valence-electron chi connectivity index (χ3n) is 4.83. The van der Waals surface area contributed by atoms with Crippen molar-refractivity contribution in [1.29, 1.82) is 0 Å². The van der Waals surface area contributed by atoms with Crippen LogP contribution >= 0.6 is 11.8 Å². The standard InChI is InChI=1S/C18H34N2O2S/c1-18(2,3)22-17(21)20-13-15-6-4-5-7-16(15)19-12-14-8-10-23-11-9-14/h14-16,19H,4-13H2,1-3H3,(H,20,21). The molecule has 0 aromatic heterocycles. The second-order valence-electron chi connectivity index (χ2n) is 8.00. The lowest BCUT2D eigenvalue weighted by Crippen LogP contribution is -2.46. The van der Waals surface area contributed by atoms with Crippen LogP contribution in [0.4, 0.5) is 4.79 Å². The molecule has 1 amide bonds. The average Bonchev–Trinajstić information content (AvgIpc) is 2.51. The Labute approximate surface area is 145 Å². The van der Waals surface area contributed by atoms with Gasteiger partial charge in [-0.1, -0.05) is 12.8 Å². The molecule has 0 aromatic rings. The summed E-state index contributed by atoms with van der Waals surface area (Å²) < 4.78 is 5.35. The monoisotopic (exact) mass is 342 g/mol. The van der Waals surface area contributed by atoms with Crippen LogP contribution in [0.25, 0.3) is 0 Å². The minimum atomic E-state index is -0.423. The fraction of sp³-hybridized carbons (Fsp3) is 0.944. The second kappa shape index (κ2) is 9.16. The highest BCUT2D eigenvalue weighted by Crippen LogP contribution is 2.26. The van der Waals surface area contributed by atoms with Crippen LogP contribution in [0.5, 0.6) is 0 Å². The summed E-state index contributed by atoms with van der Waals surface area (Å²) in [5, 5.41) is 6.78. The van der Waals surface area contributed by atoms with Gasteiger partial charge in [0.2, 0.25) is 0 Å². The molecule has 134 valence electrons. The van der Waals surface area contributed by atoms with Gasteiger partial charge in [0.05, 0.1) is 0 Å². The summed E-state index contributed by atoms with van der Waals surface area (Å²) in [5.74, 6) is 4.02. The Morgan fingerprint density at radius 2 is 1.78 bits per heavy atom. The fourth-order valence-corrected chi connectivity index (χ4v) is 4.72. The normalized spacial score (nSPS) is 26.7. The number of thioether (sulfide) groups is 1. The summed E-state index contributed by atoms with van der Waals surface area (Å²) >= 11 is 2.09. The van der Waals surface area contributed by atoms with Gasteiger partial charge in [0.15, 0.2) is 0 Å². The molecule has 0 bridgehead atoms. The van der Waals surface area contributed by atoms with Gasteiger partial charge in [-0.05, 0) is 76.3 Å². The van der Waals surface area contributed by atoms with Crippen molar-refractivity contribution < 1.29 is 9.53 Å². The van der Waals surface area contributed by atoms with E-state index in [-0.39, 0.29) is 6.09 Å². The molecule has 2 aliphatic rings. The Hall–Kier alpha value is -0.420. The Morgan fingerprint density at radius 3 is 2.48 bits per heavy atom. The first-order chi connectivity index (χ1) is 10.9. The van der Waals surface area contributed by atoms with E-state index in [1.54, 1.807) is 0 Å². The number of carbonyl (C=O) groups excluding carboxylic acids is 1. The highest BCUT2D eigenvalue weighted by Gasteiger charge is 2.27. The Morgan fingerprint density at radius 1 is 1.09 bits per heavy atom. The first-order valence-corrected chi connectivity index (χ1v) is 10.4. The Balaban J connectivity index is 1.73. The number of ether oxygens (including phenoxy) is 1. The number of hydrogen-bond donors (Lipinski definition) is 2. The predicted octanol–water partition coefficient (Wildman–Crippen LogP) is 3.80. The van der Waals surface area contributed by atoms with Gasteiger partial charge in [-0.25, -0.2) is 4.79 Å². The largest absolute Gasteiger partial charge is 0.444 e. The molecule has 4 nitrogen and oxygen atoms in total. The van der Waals surface area contributed by atoms with E-state index in [4.69, 9.17) is 4.74 Å². The maximum Gasteiger partial charge on any atom is 0.407 e. The van der Waals surface area contributed by atoms with Gasteiger partial charge in [0.25, 0.3) is 0 Å². The highest BCUT2D eigenvalue weighted by molar-refractivity contribution is 7.99. The molecule has 0 aromatic carbocycles. The third-order valence-corrected chi connectivity index (χ3v) is 5.87. The van der Waals surface area contributed by atoms with E-state index in [0.29, 0.717) is 12.0 Å². The van der Waals surface area contributed by atoms with E-state index < -0.39 is 5.60 Å². The molecule has 1 heterocycles. The van der Waals surface area contributed by atoms with Crippen molar-refractivity contribution in [3.8, 4) is 0 Å². The summed E-state index contributed by atoms with van der Waals surface area (Å²) in [5.41, 5.74) is -0.423. The zero-order valence-corrected chi connectivity index (χ0v) is 15.8.